The first kappa shape index (κ1) is 26.2. The van der Waals surface area contributed by atoms with E-state index in [4.69, 9.17) is 4.74 Å². The van der Waals surface area contributed by atoms with Gasteiger partial charge in [-0.25, -0.2) is 12.7 Å². The van der Waals surface area contributed by atoms with E-state index in [0.29, 0.717) is 5.75 Å². The van der Waals surface area contributed by atoms with E-state index in [9.17, 15) is 22.8 Å². The Bertz CT molecular complexity index is 1240. The minimum atomic E-state index is -4.03. The van der Waals surface area contributed by atoms with Crippen LogP contribution < -0.4 is 10.1 Å². The number of methoxy groups -OCH3 is 1. The zero-order valence-electron chi connectivity index (χ0n) is 20.6. The third-order valence-electron chi connectivity index (χ3n) is 5.59. The minimum absolute atomic E-state index is 0.0661. The molecule has 1 N–H and O–H groups in total. The predicted molar refractivity (Wildman–Crippen MR) is 130 cm³/mol. The van der Waals surface area contributed by atoms with Crippen LogP contribution in [0.2, 0.25) is 0 Å². The fourth-order valence-electron chi connectivity index (χ4n) is 3.82. The molecule has 0 aromatic heterocycles. The van der Waals surface area contributed by atoms with E-state index in [1.165, 1.54) is 24.1 Å². The van der Waals surface area contributed by atoms with Gasteiger partial charge in [-0.05, 0) is 57.5 Å². The normalized spacial score (nSPS) is 15.3. The number of nitrogens with one attached hydrogen (secondary N) is 1. The maximum Gasteiger partial charge on any atom is 0.269 e. The number of rotatable bonds is 8. The lowest BCUT2D eigenvalue weighted by Crippen LogP contribution is -2.52. The van der Waals surface area contributed by atoms with Crippen LogP contribution in [0.25, 0.3) is 0 Å². The molecule has 1 aliphatic rings. The SMILES string of the molecule is COc1cccc(CN(C(=O)CCN2C(=O)c3ccccc3S2(=O)=O)[C@@H](C)C(=O)NC(C)(C)C)c1. The minimum Gasteiger partial charge on any atom is -0.497 e. The molecule has 1 atom stereocenters. The quantitative estimate of drug-likeness (QED) is 0.595. The van der Waals surface area contributed by atoms with Gasteiger partial charge in [-0.1, -0.05) is 24.3 Å². The molecule has 2 aromatic rings. The highest BCUT2D eigenvalue weighted by atomic mass is 32.2. The topological polar surface area (TPSA) is 113 Å². The van der Waals surface area contributed by atoms with Crippen molar-refractivity contribution in [2.75, 3.05) is 13.7 Å². The van der Waals surface area contributed by atoms with E-state index in [-0.39, 0.29) is 35.9 Å². The number of fused-ring (bicyclic) bond motifs is 1. The molecule has 1 heterocycles. The summed E-state index contributed by atoms with van der Waals surface area (Å²) in [7, 11) is -2.49. The first-order chi connectivity index (χ1) is 16.3. The van der Waals surface area contributed by atoms with Crippen molar-refractivity contribution in [3.05, 3.63) is 59.7 Å². The van der Waals surface area contributed by atoms with E-state index >= 15 is 0 Å². The van der Waals surface area contributed by atoms with Gasteiger partial charge in [-0.2, -0.15) is 0 Å². The average Bonchev–Trinajstić information content (AvgIpc) is 2.99. The summed E-state index contributed by atoms with van der Waals surface area (Å²) in [5.41, 5.74) is 0.328. The van der Waals surface area contributed by atoms with Crippen LogP contribution in [0.4, 0.5) is 0 Å². The number of hydrogen-bond donors (Lipinski definition) is 1. The molecule has 188 valence electrons. The third kappa shape index (κ3) is 5.82. The van der Waals surface area contributed by atoms with Crippen molar-refractivity contribution in [2.45, 2.75) is 57.1 Å². The van der Waals surface area contributed by atoms with Crippen LogP contribution in [-0.4, -0.2) is 60.6 Å². The van der Waals surface area contributed by atoms with Crippen LogP contribution in [0, 0.1) is 0 Å². The predicted octanol–water partition coefficient (Wildman–Crippen LogP) is 2.56. The third-order valence-corrected chi connectivity index (χ3v) is 7.43. The van der Waals surface area contributed by atoms with Gasteiger partial charge in [-0.3, -0.25) is 14.4 Å². The Morgan fingerprint density at radius 3 is 2.43 bits per heavy atom. The van der Waals surface area contributed by atoms with E-state index in [1.807, 2.05) is 26.8 Å². The Morgan fingerprint density at radius 1 is 1.11 bits per heavy atom. The Morgan fingerprint density at radius 2 is 1.80 bits per heavy atom. The molecular formula is C25H31N3O6S. The number of ether oxygens (including phenoxy) is 1. The van der Waals surface area contributed by atoms with Crippen molar-refractivity contribution in [3.8, 4) is 5.75 Å². The fourth-order valence-corrected chi connectivity index (χ4v) is 5.39. The van der Waals surface area contributed by atoms with Crippen molar-refractivity contribution >= 4 is 27.7 Å². The molecule has 0 unspecified atom stereocenters. The molecule has 1 aliphatic heterocycles. The smallest absolute Gasteiger partial charge is 0.269 e. The van der Waals surface area contributed by atoms with E-state index < -0.39 is 33.4 Å². The molecule has 2 aromatic carbocycles. The molecular weight excluding hydrogens is 470 g/mol. The molecule has 0 saturated carbocycles. The monoisotopic (exact) mass is 501 g/mol. The molecule has 0 fully saturated rings. The molecule has 3 amide bonds. The Balaban J connectivity index is 1.82. The van der Waals surface area contributed by atoms with Crippen molar-refractivity contribution in [3.63, 3.8) is 0 Å². The molecule has 0 radical (unpaired) electrons. The summed E-state index contributed by atoms with van der Waals surface area (Å²) >= 11 is 0. The largest absolute Gasteiger partial charge is 0.497 e. The second-order valence-corrected chi connectivity index (χ2v) is 11.2. The second-order valence-electron chi connectivity index (χ2n) is 9.42. The van der Waals surface area contributed by atoms with Gasteiger partial charge < -0.3 is 15.0 Å². The van der Waals surface area contributed by atoms with Crippen LogP contribution in [-0.2, 0) is 26.2 Å². The maximum atomic E-state index is 13.3. The summed E-state index contributed by atoms with van der Waals surface area (Å²) in [6.45, 7) is 6.92. The van der Waals surface area contributed by atoms with Gasteiger partial charge in [0.2, 0.25) is 11.8 Å². The van der Waals surface area contributed by atoms with Crippen molar-refractivity contribution in [1.29, 1.82) is 0 Å². The molecule has 0 aliphatic carbocycles. The van der Waals surface area contributed by atoms with Crippen LogP contribution in [0.1, 0.15) is 50.0 Å². The molecule has 3 rings (SSSR count). The van der Waals surface area contributed by atoms with Crippen molar-refractivity contribution in [1.82, 2.24) is 14.5 Å². The first-order valence-corrected chi connectivity index (χ1v) is 12.7. The standard InChI is InChI=1S/C25H31N3O6S/c1-17(23(30)26-25(2,3)4)27(16-18-9-8-10-19(15-18)34-5)22(29)13-14-28-24(31)20-11-6-7-12-21(20)35(28,32)33/h6-12,15,17H,13-14,16H2,1-5H3,(H,26,30)/t17-/m0/s1. The lowest BCUT2D eigenvalue weighted by atomic mass is 10.1. The molecule has 35 heavy (non-hydrogen) atoms. The van der Waals surface area contributed by atoms with Crippen molar-refractivity contribution < 1.29 is 27.5 Å². The second kappa shape index (κ2) is 10.1. The highest BCUT2D eigenvalue weighted by Gasteiger charge is 2.41. The lowest BCUT2D eigenvalue weighted by Gasteiger charge is -2.32. The summed E-state index contributed by atoms with van der Waals surface area (Å²) < 4.78 is 31.7. The summed E-state index contributed by atoms with van der Waals surface area (Å²) in [5, 5.41) is 2.87. The highest BCUT2D eigenvalue weighted by Crippen LogP contribution is 2.30. The van der Waals surface area contributed by atoms with Crippen molar-refractivity contribution in [2.24, 2.45) is 0 Å². The number of carbonyl (C=O) groups is 3. The van der Waals surface area contributed by atoms with Crippen LogP contribution in [0.3, 0.4) is 0 Å². The molecule has 9 nitrogen and oxygen atoms in total. The van der Waals surface area contributed by atoms with Gasteiger partial charge in [0, 0.05) is 25.0 Å². The number of nitrogens with zero attached hydrogens (tertiary/aromatic N) is 2. The number of benzene rings is 2. The lowest BCUT2D eigenvalue weighted by molar-refractivity contribution is -0.141. The fraction of sp³-hybridized carbons (Fsp3) is 0.400. The summed E-state index contributed by atoms with van der Waals surface area (Å²) in [4.78, 5) is 40.3. The van der Waals surface area contributed by atoms with Crippen LogP contribution >= 0.6 is 0 Å². The zero-order valence-corrected chi connectivity index (χ0v) is 21.4. The van der Waals surface area contributed by atoms with Crippen LogP contribution in [0.5, 0.6) is 5.75 Å². The van der Waals surface area contributed by atoms with Crippen LogP contribution in [0.15, 0.2) is 53.4 Å². The Hall–Kier alpha value is -3.40. The van der Waals surface area contributed by atoms with Gasteiger partial charge in [-0.15, -0.1) is 0 Å². The summed E-state index contributed by atoms with van der Waals surface area (Å²) in [6.07, 6.45) is -0.268. The molecule has 0 bridgehead atoms. The van der Waals surface area contributed by atoms with Gasteiger partial charge in [0.15, 0.2) is 0 Å². The highest BCUT2D eigenvalue weighted by molar-refractivity contribution is 7.90. The summed E-state index contributed by atoms with van der Waals surface area (Å²) in [5.74, 6) is -0.853. The van der Waals surface area contributed by atoms with E-state index in [1.54, 1.807) is 37.3 Å². The number of hydrogen-bond acceptors (Lipinski definition) is 6. The molecule has 0 saturated heterocycles. The Kier molecular flexibility index (Phi) is 7.54. The maximum absolute atomic E-state index is 13.3. The molecule has 0 spiro atoms. The van der Waals surface area contributed by atoms with E-state index in [0.717, 1.165) is 9.87 Å². The number of carbonyl (C=O) groups excluding carboxylic acids is 3. The van der Waals surface area contributed by atoms with E-state index in [2.05, 4.69) is 5.32 Å². The first-order valence-electron chi connectivity index (χ1n) is 11.3. The van der Waals surface area contributed by atoms with Gasteiger partial charge in [0.1, 0.15) is 16.7 Å². The number of sulfonamides is 1. The summed E-state index contributed by atoms with van der Waals surface area (Å²) in [6, 6.07) is 12.2. The average molecular weight is 502 g/mol. The van der Waals surface area contributed by atoms with Gasteiger partial charge in [0.25, 0.3) is 15.9 Å². The van der Waals surface area contributed by atoms with Gasteiger partial charge >= 0.3 is 0 Å². The van der Waals surface area contributed by atoms with Gasteiger partial charge in [0.05, 0.1) is 12.7 Å². The number of amides is 3. The Labute approximate surface area is 206 Å². The molecule has 10 heteroatoms. The zero-order chi connectivity index (χ0) is 26.0.